The van der Waals surface area contributed by atoms with Crippen molar-refractivity contribution in [2.75, 3.05) is 17.7 Å². The van der Waals surface area contributed by atoms with Crippen LogP contribution in [0.15, 0.2) is 66.9 Å². The molecule has 3 rings (SSSR count). The van der Waals surface area contributed by atoms with Crippen LogP contribution < -0.4 is 15.4 Å². The van der Waals surface area contributed by atoms with Crippen molar-refractivity contribution in [1.82, 2.24) is 4.98 Å². The van der Waals surface area contributed by atoms with E-state index in [1.54, 1.807) is 32.2 Å². The predicted molar refractivity (Wildman–Crippen MR) is 114 cm³/mol. The Balaban J connectivity index is 1.65. The first-order valence-electron chi connectivity index (χ1n) is 9.53. The minimum absolute atomic E-state index is 0.117. The van der Waals surface area contributed by atoms with Crippen molar-refractivity contribution in [3.8, 4) is 5.75 Å². The molecule has 0 radical (unpaired) electrons. The smallest absolute Gasteiger partial charge is 0.274 e. The third kappa shape index (κ3) is 6.10. The van der Waals surface area contributed by atoms with Gasteiger partial charge in [-0.1, -0.05) is 18.2 Å². The molecule has 0 fully saturated rings. The fourth-order valence-corrected chi connectivity index (χ4v) is 2.71. The van der Waals surface area contributed by atoms with Crippen LogP contribution in [0.1, 0.15) is 23.0 Å². The third-order valence-electron chi connectivity index (χ3n) is 4.39. The molecule has 2 amide bonds. The van der Waals surface area contributed by atoms with E-state index in [9.17, 15) is 14.0 Å². The summed E-state index contributed by atoms with van der Waals surface area (Å²) in [5.41, 5.74) is 1.39. The number of rotatable bonds is 8. The van der Waals surface area contributed by atoms with Crippen LogP contribution in [0.5, 0.6) is 5.75 Å². The van der Waals surface area contributed by atoms with E-state index < -0.39 is 23.7 Å². The number of hydrogen-bond acceptors (Lipinski definition) is 5. The molecule has 1 unspecified atom stereocenters. The summed E-state index contributed by atoms with van der Waals surface area (Å²) in [4.78, 5) is 28.9. The highest BCUT2D eigenvalue weighted by Gasteiger charge is 2.17. The minimum Gasteiger partial charge on any atom is -0.497 e. The van der Waals surface area contributed by atoms with Crippen molar-refractivity contribution in [3.05, 3.63) is 83.9 Å². The molecule has 2 aromatic carbocycles. The van der Waals surface area contributed by atoms with Gasteiger partial charge in [0.05, 0.1) is 25.1 Å². The van der Waals surface area contributed by atoms with Gasteiger partial charge >= 0.3 is 0 Å². The highest BCUT2D eigenvalue weighted by molar-refractivity contribution is 6.06. The maximum atomic E-state index is 13.8. The van der Waals surface area contributed by atoms with E-state index in [1.165, 1.54) is 18.3 Å². The van der Waals surface area contributed by atoms with Crippen molar-refractivity contribution >= 4 is 23.2 Å². The number of carbonyl (C=O) groups is 2. The van der Waals surface area contributed by atoms with Crippen molar-refractivity contribution < 1.29 is 23.5 Å². The molecule has 31 heavy (non-hydrogen) atoms. The second-order valence-corrected chi connectivity index (χ2v) is 6.65. The van der Waals surface area contributed by atoms with Crippen LogP contribution in [0, 0.1) is 5.82 Å². The summed E-state index contributed by atoms with van der Waals surface area (Å²) in [5, 5.41) is 5.23. The summed E-state index contributed by atoms with van der Waals surface area (Å²) in [5.74, 6) is -0.839. The summed E-state index contributed by atoms with van der Waals surface area (Å²) in [6.07, 6.45) is 0.665. The van der Waals surface area contributed by atoms with Gasteiger partial charge in [0.15, 0.2) is 0 Å². The molecular formula is C23H22FN3O4. The number of ether oxygens (including phenoxy) is 2. The monoisotopic (exact) mass is 423 g/mol. The lowest BCUT2D eigenvalue weighted by Crippen LogP contribution is -2.28. The number of carbonyl (C=O) groups excluding carboxylic acids is 2. The molecule has 0 aliphatic heterocycles. The Kier molecular flexibility index (Phi) is 7.29. The first-order chi connectivity index (χ1) is 15.0. The molecule has 1 heterocycles. The average molecular weight is 423 g/mol. The van der Waals surface area contributed by atoms with Gasteiger partial charge < -0.3 is 20.1 Å². The van der Waals surface area contributed by atoms with E-state index >= 15 is 0 Å². The topological polar surface area (TPSA) is 89.5 Å². The normalized spacial score (nSPS) is 11.5. The zero-order chi connectivity index (χ0) is 22.2. The Hall–Kier alpha value is -3.78. The number of methoxy groups -OCH3 is 1. The van der Waals surface area contributed by atoms with E-state index in [1.807, 2.05) is 24.3 Å². The maximum absolute atomic E-state index is 13.8. The van der Waals surface area contributed by atoms with Crippen LogP contribution in [0.4, 0.5) is 15.8 Å². The van der Waals surface area contributed by atoms with Gasteiger partial charge in [-0.05, 0) is 55.0 Å². The lowest BCUT2D eigenvalue weighted by molar-refractivity contribution is -0.127. The van der Waals surface area contributed by atoms with Gasteiger partial charge in [0.25, 0.3) is 11.8 Å². The molecule has 7 nitrogen and oxygen atoms in total. The van der Waals surface area contributed by atoms with Gasteiger partial charge in [0, 0.05) is 6.20 Å². The van der Waals surface area contributed by atoms with Gasteiger partial charge in [-0.3, -0.25) is 14.6 Å². The van der Waals surface area contributed by atoms with E-state index in [0.29, 0.717) is 5.75 Å². The summed E-state index contributed by atoms with van der Waals surface area (Å²) in [6.45, 7) is 1.78. The molecule has 0 aliphatic carbocycles. The summed E-state index contributed by atoms with van der Waals surface area (Å²) >= 11 is 0. The first-order valence-corrected chi connectivity index (χ1v) is 9.53. The van der Waals surface area contributed by atoms with Crippen molar-refractivity contribution in [3.63, 3.8) is 0 Å². The first kappa shape index (κ1) is 21.9. The SMILES string of the molecule is COc1cccc(COC(C)C(=O)Nc2cc(F)ccc2NC(=O)c2ccccn2)c1. The molecule has 8 heteroatoms. The molecule has 0 saturated carbocycles. The molecular weight excluding hydrogens is 401 g/mol. The number of anilines is 2. The van der Waals surface area contributed by atoms with Crippen molar-refractivity contribution in [2.24, 2.45) is 0 Å². The maximum Gasteiger partial charge on any atom is 0.274 e. The molecule has 1 aromatic heterocycles. The van der Waals surface area contributed by atoms with Crippen molar-refractivity contribution in [1.29, 1.82) is 0 Å². The van der Waals surface area contributed by atoms with E-state index in [2.05, 4.69) is 15.6 Å². The summed E-state index contributed by atoms with van der Waals surface area (Å²) < 4.78 is 24.6. The molecule has 0 aliphatic rings. The molecule has 0 bridgehead atoms. The van der Waals surface area contributed by atoms with Gasteiger partial charge in [-0.2, -0.15) is 0 Å². The van der Waals surface area contributed by atoms with Crippen LogP contribution in [0.25, 0.3) is 0 Å². The molecule has 1 atom stereocenters. The fraction of sp³-hybridized carbons (Fsp3) is 0.174. The number of aromatic nitrogens is 1. The van der Waals surface area contributed by atoms with E-state index in [-0.39, 0.29) is 23.7 Å². The van der Waals surface area contributed by atoms with E-state index in [0.717, 1.165) is 11.6 Å². The standard InChI is InChI=1S/C23H22FN3O4/c1-15(31-14-16-6-5-7-18(12-16)30-2)22(28)27-21-13-17(24)9-10-19(21)26-23(29)20-8-3-4-11-25-20/h3-13,15H,14H2,1-2H3,(H,26,29)(H,27,28). The number of hydrogen-bond donors (Lipinski definition) is 2. The predicted octanol–water partition coefficient (Wildman–Crippen LogP) is 4.03. The third-order valence-corrected chi connectivity index (χ3v) is 4.39. The Morgan fingerprint density at radius 1 is 1.03 bits per heavy atom. The molecule has 0 spiro atoms. The number of pyridine rings is 1. The van der Waals surface area contributed by atoms with Gasteiger partial charge in [-0.25, -0.2) is 4.39 Å². The highest BCUT2D eigenvalue weighted by atomic mass is 19.1. The van der Waals surface area contributed by atoms with Crippen LogP contribution in [0.2, 0.25) is 0 Å². The Bertz CT molecular complexity index is 1060. The quantitative estimate of drug-likeness (QED) is 0.571. The zero-order valence-electron chi connectivity index (χ0n) is 17.1. The largest absolute Gasteiger partial charge is 0.497 e. The highest BCUT2D eigenvalue weighted by Crippen LogP contribution is 2.24. The van der Waals surface area contributed by atoms with Crippen LogP contribution in [0.3, 0.4) is 0 Å². The van der Waals surface area contributed by atoms with Gasteiger partial charge in [-0.15, -0.1) is 0 Å². The fourth-order valence-electron chi connectivity index (χ4n) is 2.71. The lowest BCUT2D eigenvalue weighted by atomic mass is 10.2. The van der Waals surface area contributed by atoms with E-state index in [4.69, 9.17) is 9.47 Å². The molecule has 0 saturated heterocycles. The molecule has 160 valence electrons. The Morgan fingerprint density at radius 3 is 2.61 bits per heavy atom. The zero-order valence-corrected chi connectivity index (χ0v) is 17.1. The summed E-state index contributed by atoms with van der Waals surface area (Å²) in [6, 6.07) is 15.9. The van der Waals surface area contributed by atoms with Gasteiger partial charge in [0.2, 0.25) is 0 Å². The van der Waals surface area contributed by atoms with Crippen LogP contribution in [-0.4, -0.2) is 30.0 Å². The van der Waals surface area contributed by atoms with Crippen LogP contribution >= 0.6 is 0 Å². The molecule has 3 aromatic rings. The Morgan fingerprint density at radius 2 is 1.87 bits per heavy atom. The average Bonchev–Trinajstić information content (AvgIpc) is 2.79. The summed E-state index contributed by atoms with van der Waals surface area (Å²) in [7, 11) is 1.57. The number of nitrogens with one attached hydrogen (secondary N) is 2. The second-order valence-electron chi connectivity index (χ2n) is 6.65. The second kappa shape index (κ2) is 10.3. The van der Waals surface area contributed by atoms with Crippen LogP contribution in [-0.2, 0) is 16.1 Å². The number of halogens is 1. The Labute approximate surface area is 179 Å². The molecule has 2 N–H and O–H groups in total. The van der Waals surface area contributed by atoms with Gasteiger partial charge in [0.1, 0.15) is 23.4 Å². The van der Waals surface area contributed by atoms with Crippen molar-refractivity contribution in [2.45, 2.75) is 19.6 Å². The number of benzene rings is 2. The lowest BCUT2D eigenvalue weighted by Gasteiger charge is -2.16. The number of nitrogens with zero attached hydrogens (tertiary/aromatic N) is 1. The number of amides is 2. The minimum atomic E-state index is -0.825.